The van der Waals surface area contributed by atoms with Gasteiger partial charge in [-0.05, 0) is 35.4 Å². The summed E-state index contributed by atoms with van der Waals surface area (Å²) in [6.07, 6.45) is 0.113. The number of amides is 1. The van der Waals surface area contributed by atoms with Crippen LogP contribution in [0.4, 0.5) is 4.39 Å². The fourth-order valence-corrected chi connectivity index (χ4v) is 2.33. The number of hydrogen-bond donors (Lipinski definition) is 1. The lowest BCUT2D eigenvalue weighted by Gasteiger charge is -2.14. The first-order valence-electron chi connectivity index (χ1n) is 7.37. The number of methoxy groups -OCH3 is 3. The Bertz CT molecular complexity index is 693. The van der Waals surface area contributed by atoms with Gasteiger partial charge in [-0.1, -0.05) is 12.1 Å². The molecule has 2 rings (SSSR count). The first-order chi connectivity index (χ1) is 11.6. The molecule has 24 heavy (non-hydrogen) atoms. The van der Waals surface area contributed by atoms with Gasteiger partial charge in [-0.25, -0.2) is 4.39 Å². The van der Waals surface area contributed by atoms with Crippen molar-refractivity contribution in [1.82, 2.24) is 5.32 Å². The highest BCUT2D eigenvalue weighted by molar-refractivity contribution is 5.78. The van der Waals surface area contributed by atoms with Crippen LogP contribution < -0.4 is 19.5 Å². The molecule has 2 aromatic carbocycles. The molecule has 0 atom stereocenters. The van der Waals surface area contributed by atoms with Crippen LogP contribution in [0.1, 0.15) is 11.1 Å². The third-order valence-corrected chi connectivity index (χ3v) is 3.47. The van der Waals surface area contributed by atoms with Gasteiger partial charge in [-0.3, -0.25) is 4.79 Å². The fourth-order valence-electron chi connectivity index (χ4n) is 2.33. The molecule has 2 aromatic rings. The molecular formula is C18H20FNO4. The maximum Gasteiger partial charge on any atom is 0.224 e. The van der Waals surface area contributed by atoms with E-state index in [4.69, 9.17) is 14.2 Å². The predicted molar refractivity (Wildman–Crippen MR) is 88.0 cm³/mol. The Morgan fingerprint density at radius 3 is 2.21 bits per heavy atom. The molecule has 0 saturated heterocycles. The Morgan fingerprint density at radius 1 is 1.00 bits per heavy atom. The summed E-state index contributed by atoms with van der Waals surface area (Å²) in [6, 6.07) is 9.52. The van der Waals surface area contributed by atoms with E-state index in [-0.39, 0.29) is 18.1 Å². The van der Waals surface area contributed by atoms with Gasteiger partial charge in [0.2, 0.25) is 11.7 Å². The quantitative estimate of drug-likeness (QED) is 0.846. The molecule has 0 unspecified atom stereocenters. The summed E-state index contributed by atoms with van der Waals surface area (Å²) < 4.78 is 28.9. The predicted octanol–water partition coefficient (Wildman–Crippen LogP) is 2.71. The molecule has 0 aliphatic rings. The Morgan fingerprint density at radius 2 is 1.67 bits per heavy atom. The zero-order valence-electron chi connectivity index (χ0n) is 13.9. The third kappa shape index (κ3) is 4.38. The summed E-state index contributed by atoms with van der Waals surface area (Å²) >= 11 is 0. The SMILES string of the molecule is COc1cc(CNC(=O)Cc2cccc(F)c2)cc(OC)c1OC. The molecule has 6 heteroatoms. The monoisotopic (exact) mass is 333 g/mol. The first-order valence-corrected chi connectivity index (χ1v) is 7.37. The molecular weight excluding hydrogens is 313 g/mol. The second-order valence-electron chi connectivity index (χ2n) is 5.12. The van der Waals surface area contributed by atoms with E-state index in [1.165, 1.54) is 33.5 Å². The average molecular weight is 333 g/mol. The molecule has 0 aliphatic carbocycles. The Hall–Kier alpha value is -2.76. The second-order valence-corrected chi connectivity index (χ2v) is 5.12. The van der Waals surface area contributed by atoms with Crippen molar-refractivity contribution in [1.29, 1.82) is 0 Å². The van der Waals surface area contributed by atoms with Gasteiger partial charge in [-0.15, -0.1) is 0 Å². The Balaban J connectivity index is 2.04. The lowest BCUT2D eigenvalue weighted by Crippen LogP contribution is -2.24. The van der Waals surface area contributed by atoms with Gasteiger partial charge in [0, 0.05) is 6.54 Å². The maximum atomic E-state index is 13.1. The molecule has 0 saturated carbocycles. The van der Waals surface area contributed by atoms with Gasteiger partial charge >= 0.3 is 0 Å². The highest BCUT2D eigenvalue weighted by Crippen LogP contribution is 2.38. The Labute approximate surface area is 140 Å². The smallest absolute Gasteiger partial charge is 0.224 e. The largest absolute Gasteiger partial charge is 0.493 e. The molecule has 0 aromatic heterocycles. The molecule has 5 nitrogen and oxygen atoms in total. The number of ether oxygens (including phenoxy) is 3. The van der Waals surface area contributed by atoms with Crippen molar-refractivity contribution in [2.45, 2.75) is 13.0 Å². The highest BCUT2D eigenvalue weighted by Gasteiger charge is 2.13. The summed E-state index contributed by atoms with van der Waals surface area (Å²) in [4.78, 5) is 12.0. The molecule has 0 spiro atoms. The minimum Gasteiger partial charge on any atom is -0.493 e. The Kier molecular flexibility index (Phi) is 6.01. The van der Waals surface area contributed by atoms with Crippen LogP contribution in [0.3, 0.4) is 0 Å². The van der Waals surface area contributed by atoms with E-state index in [9.17, 15) is 9.18 Å². The number of halogens is 1. The van der Waals surface area contributed by atoms with Gasteiger partial charge in [-0.2, -0.15) is 0 Å². The van der Waals surface area contributed by atoms with Gasteiger partial charge < -0.3 is 19.5 Å². The van der Waals surface area contributed by atoms with Crippen molar-refractivity contribution in [2.75, 3.05) is 21.3 Å². The van der Waals surface area contributed by atoms with Gasteiger partial charge in [0.1, 0.15) is 5.82 Å². The van der Waals surface area contributed by atoms with Crippen molar-refractivity contribution in [3.8, 4) is 17.2 Å². The molecule has 0 heterocycles. The first kappa shape index (κ1) is 17.6. The number of carbonyl (C=O) groups excluding carboxylic acids is 1. The summed E-state index contributed by atoms with van der Waals surface area (Å²) in [6.45, 7) is 0.296. The van der Waals surface area contributed by atoms with Gasteiger partial charge in [0.05, 0.1) is 27.8 Å². The van der Waals surface area contributed by atoms with E-state index in [2.05, 4.69) is 5.32 Å². The minimum atomic E-state index is -0.357. The molecule has 1 amide bonds. The van der Waals surface area contributed by atoms with Crippen LogP contribution in [0.15, 0.2) is 36.4 Å². The van der Waals surface area contributed by atoms with Crippen LogP contribution in [0.25, 0.3) is 0 Å². The number of rotatable bonds is 7. The number of hydrogen-bond acceptors (Lipinski definition) is 4. The van der Waals surface area contributed by atoms with Gasteiger partial charge in [0.25, 0.3) is 0 Å². The van der Waals surface area contributed by atoms with Crippen LogP contribution in [0, 0.1) is 5.82 Å². The normalized spacial score (nSPS) is 10.2. The van der Waals surface area contributed by atoms with Crippen LogP contribution in [-0.2, 0) is 17.8 Å². The van der Waals surface area contributed by atoms with E-state index >= 15 is 0 Å². The molecule has 0 radical (unpaired) electrons. The van der Waals surface area contributed by atoms with Crippen LogP contribution in [0.2, 0.25) is 0 Å². The van der Waals surface area contributed by atoms with E-state index in [1.807, 2.05) is 0 Å². The molecule has 0 bridgehead atoms. The molecule has 128 valence electrons. The van der Waals surface area contributed by atoms with E-state index in [0.717, 1.165) is 5.56 Å². The second kappa shape index (κ2) is 8.19. The van der Waals surface area contributed by atoms with Crippen molar-refractivity contribution >= 4 is 5.91 Å². The summed E-state index contributed by atoms with van der Waals surface area (Å²) in [5.41, 5.74) is 1.43. The zero-order valence-corrected chi connectivity index (χ0v) is 13.9. The van der Waals surface area contributed by atoms with Crippen LogP contribution >= 0.6 is 0 Å². The maximum absolute atomic E-state index is 13.1. The summed E-state index contributed by atoms with van der Waals surface area (Å²) in [5.74, 6) is 0.978. The van der Waals surface area contributed by atoms with Crippen LogP contribution in [-0.4, -0.2) is 27.2 Å². The lowest BCUT2D eigenvalue weighted by atomic mass is 10.1. The molecule has 0 aliphatic heterocycles. The van der Waals surface area contributed by atoms with E-state index in [1.54, 1.807) is 24.3 Å². The van der Waals surface area contributed by atoms with E-state index < -0.39 is 0 Å². The topological polar surface area (TPSA) is 56.8 Å². The highest BCUT2D eigenvalue weighted by atomic mass is 19.1. The van der Waals surface area contributed by atoms with Gasteiger partial charge in [0.15, 0.2) is 11.5 Å². The fraction of sp³-hybridized carbons (Fsp3) is 0.278. The standard InChI is InChI=1S/C18H20FNO4/c1-22-15-8-13(9-16(23-2)18(15)24-3)11-20-17(21)10-12-5-4-6-14(19)7-12/h4-9H,10-11H2,1-3H3,(H,20,21). The average Bonchev–Trinajstić information content (AvgIpc) is 2.58. The number of benzene rings is 2. The van der Waals surface area contributed by atoms with Crippen molar-refractivity contribution in [3.63, 3.8) is 0 Å². The number of nitrogens with one attached hydrogen (secondary N) is 1. The molecule has 0 fully saturated rings. The summed E-state index contributed by atoms with van der Waals surface area (Å²) in [7, 11) is 4.59. The summed E-state index contributed by atoms with van der Waals surface area (Å²) in [5, 5.41) is 2.79. The van der Waals surface area contributed by atoms with Crippen molar-refractivity contribution in [3.05, 3.63) is 53.3 Å². The lowest BCUT2D eigenvalue weighted by molar-refractivity contribution is -0.120. The zero-order chi connectivity index (χ0) is 17.5. The minimum absolute atomic E-state index is 0.113. The van der Waals surface area contributed by atoms with Crippen LogP contribution in [0.5, 0.6) is 17.2 Å². The molecule has 1 N–H and O–H groups in total. The number of carbonyl (C=O) groups is 1. The van der Waals surface area contributed by atoms with Crippen molar-refractivity contribution < 1.29 is 23.4 Å². The third-order valence-electron chi connectivity index (χ3n) is 3.47. The van der Waals surface area contributed by atoms with Crippen molar-refractivity contribution in [2.24, 2.45) is 0 Å². The van der Waals surface area contributed by atoms with E-state index in [0.29, 0.717) is 29.4 Å².